The van der Waals surface area contributed by atoms with Crippen molar-refractivity contribution < 1.29 is 23.5 Å². The summed E-state index contributed by atoms with van der Waals surface area (Å²) in [5.41, 5.74) is 0.577. The summed E-state index contributed by atoms with van der Waals surface area (Å²) in [7, 11) is 3.03. The lowest BCUT2D eigenvalue weighted by atomic mass is 10.1. The number of anilines is 2. The molecule has 1 atom stereocenters. The zero-order chi connectivity index (χ0) is 19.6. The highest BCUT2D eigenvalue weighted by Crippen LogP contribution is 2.36. The summed E-state index contributed by atoms with van der Waals surface area (Å²) in [6, 6.07) is 9.06. The minimum atomic E-state index is -0.631. The van der Waals surface area contributed by atoms with Crippen LogP contribution in [0.2, 0.25) is 5.02 Å². The molecular formula is C19H18ClFN2O4. The Morgan fingerprint density at radius 2 is 2.00 bits per heavy atom. The van der Waals surface area contributed by atoms with E-state index in [0.717, 1.165) is 6.07 Å². The number of rotatable bonds is 5. The molecule has 8 heteroatoms. The van der Waals surface area contributed by atoms with Crippen LogP contribution in [0.15, 0.2) is 36.4 Å². The van der Waals surface area contributed by atoms with Gasteiger partial charge in [0.15, 0.2) is 0 Å². The van der Waals surface area contributed by atoms with Gasteiger partial charge < -0.3 is 19.7 Å². The number of carbonyl (C=O) groups excluding carboxylic acids is 2. The van der Waals surface area contributed by atoms with Gasteiger partial charge in [-0.2, -0.15) is 0 Å². The molecule has 0 spiro atoms. The molecule has 1 unspecified atom stereocenters. The van der Waals surface area contributed by atoms with Gasteiger partial charge in [-0.25, -0.2) is 4.39 Å². The van der Waals surface area contributed by atoms with Crippen molar-refractivity contribution in [3.05, 3.63) is 47.2 Å². The summed E-state index contributed by atoms with van der Waals surface area (Å²) in [5.74, 6) is -0.828. The molecule has 2 aromatic rings. The molecule has 2 aromatic carbocycles. The highest BCUT2D eigenvalue weighted by atomic mass is 35.5. The zero-order valence-electron chi connectivity index (χ0n) is 14.8. The third-order valence-electron chi connectivity index (χ3n) is 4.36. The molecule has 0 aromatic heterocycles. The van der Waals surface area contributed by atoms with Gasteiger partial charge in [-0.1, -0.05) is 11.6 Å². The molecular weight excluding hydrogens is 375 g/mol. The Hall–Kier alpha value is -2.80. The summed E-state index contributed by atoms with van der Waals surface area (Å²) in [6.45, 7) is 0.169. The van der Waals surface area contributed by atoms with Crippen LogP contribution in [0, 0.1) is 11.7 Å². The van der Waals surface area contributed by atoms with Gasteiger partial charge in [0.1, 0.15) is 17.3 Å². The van der Waals surface area contributed by atoms with E-state index < -0.39 is 17.6 Å². The summed E-state index contributed by atoms with van der Waals surface area (Å²) in [5, 5.41) is 2.75. The van der Waals surface area contributed by atoms with Crippen molar-refractivity contribution in [3.63, 3.8) is 0 Å². The van der Waals surface area contributed by atoms with E-state index in [-0.39, 0.29) is 29.6 Å². The fourth-order valence-corrected chi connectivity index (χ4v) is 3.11. The van der Waals surface area contributed by atoms with Gasteiger partial charge in [-0.3, -0.25) is 9.59 Å². The topological polar surface area (TPSA) is 67.9 Å². The first-order valence-corrected chi connectivity index (χ1v) is 8.59. The van der Waals surface area contributed by atoms with Crippen molar-refractivity contribution in [2.75, 3.05) is 31.0 Å². The number of nitrogens with zero attached hydrogens (tertiary/aromatic N) is 1. The van der Waals surface area contributed by atoms with Crippen LogP contribution in [0.5, 0.6) is 11.5 Å². The van der Waals surface area contributed by atoms with Gasteiger partial charge in [0.2, 0.25) is 11.8 Å². The number of amides is 2. The lowest BCUT2D eigenvalue weighted by Crippen LogP contribution is -2.28. The Bertz CT molecular complexity index is 890. The van der Waals surface area contributed by atoms with E-state index in [9.17, 15) is 14.0 Å². The van der Waals surface area contributed by atoms with E-state index in [0.29, 0.717) is 17.2 Å². The number of benzene rings is 2. The number of halogens is 2. The number of ether oxygens (including phenoxy) is 2. The van der Waals surface area contributed by atoms with Crippen molar-refractivity contribution in [2.24, 2.45) is 5.92 Å². The SMILES string of the molecule is COc1ccc(N2CC(C(=O)Nc3ccc(Cl)cc3F)CC2=O)c(OC)c1. The number of hydrogen-bond donors (Lipinski definition) is 1. The molecule has 0 bridgehead atoms. The van der Waals surface area contributed by atoms with Gasteiger partial charge in [-0.05, 0) is 30.3 Å². The predicted molar refractivity (Wildman–Crippen MR) is 100 cm³/mol. The van der Waals surface area contributed by atoms with Gasteiger partial charge >= 0.3 is 0 Å². The molecule has 142 valence electrons. The second-order valence-corrected chi connectivity index (χ2v) is 6.49. The third-order valence-corrected chi connectivity index (χ3v) is 4.60. The zero-order valence-corrected chi connectivity index (χ0v) is 15.5. The second-order valence-electron chi connectivity index (χ2n) is 6.06. The fraction of sp³-hybridized carbons (Fsp3) is 0.263. The Morgan fingerprint density at radius 3 is 2.67 bits per heavy atom. The maximum atomic E-state index is 13.9. The van der Waals surface area contributed by atoms with Gasteiger partial charge in [0.05, 0.1) is 31.5 Å². The molecule has 0 saturated carbocycles. The minimum Gasteiger partial charge on any atom is -0.497 e. The molecule has 0 aliphatic carbocycles. The van der Waals surface area contributed by atoms with Gasteiger partial charge in [0, 0.05) is 24.1 Å². The van der Waals surface area contributed by atoms with Crippen LogP contribution >= 0.6 is 11.6 Å². The van der Waals surface area contributed by atoms with Crippen molar-refractivity contribution in [3.8, 4) is 11.5 Å². The first-order valence-electron chi connectivity index (χ1n) is 8.21. The number of nitrogens with one attached hydrogen (secondary N) is 1. The summed E-state index contributed by atoms with van der Waals surface area (Å²) < 4.78 is 24.4. The normalized spacial score (nSPS) is 16.4. The first-order chi connectivity index (χ1) is 12.9. The fourth-order valence-electron chi connectivity index (χ4n) is 2.95. The lowest BCUT2D eigenvalue weighted by Gasteiger charge is -2.20. The van der Waals surface area contributed by atoms with Crippen LogP contribution in [0.4, 0.5) is 15.8 Å². The van der Waals surface area contributed by atoms with Crippen LogP contribution in [0.1, 0.15) is 6.42 Å². The van der Waals surface area contributed by atoms with Crippen molar-refractivity contribution in [1.82, 2.24) is 0 Å². The highest BCUT2D eigenvalue weighted by Gasteiger charge is 2.36. The lowest BCUT2D eigenvalue weighted by molar-refractivity contribution is -0.122. The van der Waals surface area contributed by atoms with Gasteiger partial charge in [-0.15, -0.1) is 0 Å². The molecule has 6 nitrogen and oxygen atoms in total. The van der Waals surface area contributed by atoms with E-state index in [2.05, 4.69) is 5.32 Å². The first kappa shape index (κ1) is 19.0. The average Bonchev–Trinajstić information content (AvgIpc) is 3.05. The standard InChI is InChI=1S/C19H18ClFN2O4/c1-26-13-4-6-16(17(9-13)27-2)23-10-11(7-18(23)24)19(25)22-15-5-3-12(20)8-14(15)21/h3-6,8-9,11H,7,10H2,1-2H3,(H,22,25). The summed E-state index contributed by atoms with van der Waals surface area (Å²) >= 11 is 5.71. The second kappa shape index (κ2) is 7.84. The summed E-state index contributed by atoms with van der Waals surface area (Å²) in [4.78, 5) is 26.4. The monoisotopic (exact) mass is 392 g/mol. The maximum absolute atomic E-state index is 13.9. The molecule has 1 aliphatic heterocycles. The molecule has 3 rings (SSSR count). The highest BCUT2D eigenvalue weighted by molar-refractivity contribution is 6.30. The third kappa shape index (κ3) is 3.98. The van der Waals surface area contributed by atoms with E-state index in [4.69, 9.17) is 21.1 Å². The van der Waals surface area contributed by atoms with E-state index >= 15 is 0 Å². The minimum absolute atomic E-state index is 0.0240. The van der Waals surface area contributed by atoms with Crippen LogP contribution in [-0.4, -0.2) is 32.6 Å². The number of methoxy groups -OCH3 is 2. The van der Waals surface area contributed by atoms with Crippen LogP contribution in [0.3, 0.4) is 0 Å². The van der Waals surface area contributed by atoms with Gasteiger partial charge in [0.25, 0.3) is 0 Å². The molecule has 1 N–H and O–H groups in total. The average molecular weight is 393 g/mol. The molecule has 1 heterocycles. The molecule has 2 amide bonds. The molecule has 27 heavy (non-hydrogen) atoms. The smallest absolute Gasteiger partial charge is 0.229 e. The summed E-state index contributed by atoms with van der Waals surface area (Å²) in [6.07, 6.45) is 0.0240. The quantitative estimate of drug-likeness (QED) is 0.845. The Balaban J connectivity index is 1.76. The molecule has 1 saturated heterocycles. The molecule has 1 aliphatic rings. The van der Waals surface area contributed by atoms with E-state index in [1.807, 2.05) is 0 Å². The molecule has 1 fully saturated rings. The maximum Gasteiger partial charge on any atom is 0.229 e. The van der Waals surface area contributed by atoms with Crippen molar-refractivity contribution in [2.45, 2.75) is 6.42 Å². The Morgan fingerprint density at radius 1 is 1.22 bits per heavy atom. The van der Waals surface area contributed by atoms with Crippen LogP contribution < -0.4 is 19.7 Å². The van der Waals surface area contributed by atoms with Crippen LogP contribution in [0.25, 0.3) is 0 Å². The number of carbonyl (C=O) groups is 2. The predicted octanol–water partition coefficient (Wildman–Crippen LogP) is 3.49. The molecule has 0 radical (unpaired) electrons. The Labute approximate surface area is 160 Å². The van der Waals surface area contributed by atoms with Crippen LogP contribution in [-0.2, 0) is 9.59 Å². The van der Waals surface area contributed by atoms with E-state index in [1.54, 1.807) is 18.2 Å². The van der Waals surface area contributed by atoms with Crippen molar-refractivity contribution >= 4 is 34.8 Å². The van der Waals surface area contributed by atoms with Crippen molar-refractivity contribution in [1.29, 1.82) is 0 Å². The Kier molecular flexibility index (Phi) is 5.51. The largest absolute Gasteiger partial charge is 0.497 e. The van der Waals surface area contributed by atoms with E-state index in [1.165, 1.54) is 31.3 Å². The number of hydrogen-bond acceptors (Lipinski definition) is 4.